The molecule has 0 atom stereocenters. The Hall–Kier alpha value is -3.32. The summed E-state index contributed by atoms with van der Waals surface area (Å²) in [5.41, 5.74) is 1.43. The van der Waals surface area contributed by atoms with E-state index in [1.807, 2.05) is 54.6 Å². The summed E-state index contributed by atoms with van der Waals surface area (Å²) >= 11 is 1.15. The molecule has 1 aliphatic heterocycles. The summed E-state index contributed by atoms with van der Waals surface area (Å²) in [5.74, 6) is 1.19. The maximum atomic E-state index is 12.8. The average molecular weight is 464 g/mol. The van der Waals surface area contributed by atoms with Crippen LogP contribution in [0.4, 0.5) is 0 Å². The molecule has 1 aliphatic rings. The Kier molecular flexibility index (Phi) is 7.98. The number of ether oxygens (including phenoxy) is 2. The first kappa shape index (κ1) is 22.9. The molecule has 0 saturated heterocycles. The van der Waals surface area contributed by atoms with Gasteiger partial charge in [-0.3, -0.25) is 9.59 Å². The van der Waals surface area contributed by atoms with Gasteiger partial charge >= 0.3 is 0 Å². The zero-order valence-electron chi connectivity index (χ0n) is 18.4. The zero-order chi connectivity index (χ0) is 22.9. The fourth-order valence-corrected chi connectivity index (χ4v) is 4.48. The summed E-state index contributed by atoms with van der Waals surface area (Å²) in [6.45, 7) is 1.53. The molecule has 6 nitrogen and oxygen atoms in total. The van der Waals surface area contributed by atoms with Crippen LogP contribution < -0.4 is 19.4 Å². The normalized spacial score (nSPS) is 11.9. The number of aryl methyl sites for hydroxylation is 1. The molecular weight excluding hydrogens is 436 g/mol. The molecule has 2 aromatic carbocycles. The first-order valence-corrected chi connectivity index (χ1v) is 11.9. The molecule has 0 radical (unpaired) electrons. The molecule has 4 rings (SSSR count). The van der Waals surface area contributed by atoms with E-state index >= 15 is 0 Å². The molecule has 0 spiro atoms. The maximum Gasteiger partial charge on any atom is 0.252 e. The number of amides is 1. The molecule has 3 aromatic rings. The van der Waals surface area contributed by atoms with Gasteiger partial charge in [-0.25, -0.2) is 4.57 Å². The molecule has 170 valence electrons. The van der Waals surface area contributed by atoms with Crippen LogP contribution in [-0.2, 0) is 17.9 Å². The van der Waals surface area contributed by atoms with Crippen LogP contribution in [0.2, 0.25) is 0 Å². The van der Waals surface area contributed by atoms with Gasteiger partial charge in [-0.1, -0.05) is 36.0 Å². The highest BCUT2D eigenvalue weighted by Gasteiger charge is 2.16. The fraction of sp³-hybridized carbons (Fsp3) is 0.269. The van der Waals surface area contributed by atoms with Crippen LogP contribution in [0.3, 0.4) is 0 Å². The topological polar surface area (TPSA) is 68.5 Å². The lowest BCUT2D eigenvalue weighted by molar-refractivity contribution is -0.697. The maximum absolute atomic E-state index is 12.8. The van der Waals surface area contributed by atoms with E-state index in [0.717, 1.165) is 43.1 Å². The van der Waals surface area contributed by atoms with Crippen molar-refractivity contribution in [3.63, 3.8) is 0 Å². The van der Waals surface area contributed by atoms with E-state index in [9.17, 15) is 9.59 Å². The summed E-state index contributed by atoms with van der Waals surface area (Å²) in [7, 11) is 0. The highest BCUT2D eigenvalue weighted by Crippen LogP contribution is 2.32. The number of carbonyl (C=O) groups is 2. The standard InChI is InChI=1S/C26H26N2O4S/c29-25(11-3-1-6-14-28-15-7-2-8-16-28)33-24-10-5-4-9-21(24)26(30)27-18-20-12-13-22-23(17-20)32-19-31-22/h2,4-5,7-10,12-13,15-17H,1,3,6,11,14,18-19H2/p+1. The number of thioether (sulfide) groups is 1. The van der Waals surface area contributed by atoms with Gasteiger partial charge in [-0.15, -0.1) is 0 Å². The van der Waals surface area contributed by atoms with E-state index in [2.05, 4.69) is 22.3 Å². The van der Waals surface area contributed by atoms with Gasteiger partial charge in [0.1, 0.15) is 6.54 Å². The number of aromatic nitrogens is 1. The smallest absolute Gasteiger partial charge is 0.252 e. The third-order valence-corrected chi connectivity index (χ3v) is 6.33. The summed E-state index contributed by atoms with van der Waals surface area (Å²) in [6, 6.07) is 18.9. The first-order valence-electron chi connectivity index (χ1n) is 11.1. The van der Waals surface area contributed by atoms with E-state index in [1.165, 1.54) is 0 Å². The van der Waals surface area contributed by atoms with Crippen LogP contribution in [0.15, 0.2) is 78.0 Å². The molecule has 33 heavy (non-hydrogen) atoms. The van der Waals surface area contributed by atoms with Gasteiger partial charge in [0.05, 0.1) is 5.56 Å². The van der Waals surface area contributed by atoms with E-state index in [4.69, 9.17) is 9.47 Å². The molecule has 1 amide bonds. The monoisotopic (exact) mass is 463 g/mol. The minimum absolute atomic E-state index is 0.0818. The summed E-state index contributed by atoms with van der Waals surface area (Å²) in [4.78, 5) is 26.0. The predicted molar refractivity (Wildman–Crippen MR) is 126 cm³/mol. The Labute approximate surface area is 197 Å². The third-order valence-electron chi connectivity index (χ3n) is 5.32. The molecule has 0 saturated carbocycles. The van der Waals surface area contributed by atoms with E-state index in [1.54, 1.807) is 6.07 Å². The number of pyridine rings is 1. The Bertz CT molecular complexity index is 1100. The highest BCUT2D eigenvalue weighted by molar-refractivity contribution is 8.13. The van der Waals surface area contributed by atoms with Gasteiger partial charge < -0.3 is 14.8 Å². The summed E-state index contributed by atoms with van der Waals surface area (Å²) in [6.07, 6.45) is 7.47. The number of nitrogens with one attached hydrogen (secondary N) is 1. The second kappa shape index (κ2) is 11.5. The number of benzene rings is 2. The Morgan fingerprint density at radius 3 is 2.61 bits per heavy atom. The van der Waals surface area contributed by atoms with Crippen LogP contribution in [0.25, 0.3) is 0 Å². The minimum Gasteiger partial charge on any atom is -0.454 e. The van der Waals surface area contributed by atoms with Crippen molar-refractivity contribution in [2.24, 2.45) is 0 Å². The molecule has 7 heteroatoms. The Morgan fingerprint density at radius 1 is 0.909 bits per heavy atom. The first-order chi connectivity index (χ1) is 16.2. The van der Waals surface area contributed by atoms with Gasteiger partial charge in [0.15, 0.2) is 29.0 Å². The van der Waals surface area contributed by atoms with Crippen LogP contribution in [0, 0.1) is 0 Å². The molecular formula is C26H27N2O4S+. The number of nitrogens with zero attached hydrogens (tertiary/aromatic N) is 1. The van der Waals surface area contributed by atoms with Crippen molar-refractivity contribution in [1.29, 1.82) is 0 Å². The third kappa shape index (κ3) is 6.58. The largest absolute Gasteiger partial charge is 0.454 e. The van der Waals surface area contributed by atoms with Crippen molar-refractivity contribution in [2.45, 2.75) is 43.7 Å². The van der Waals surface area contributed by atoms with Gasteiger partial charge in [-0.05, 0) is 42.7 Å². The lowest BCUT2D eigenvalue weighted by Crippen LogP contribution is -2.32. The van der Waals surface area contributed by atoms with Gasteiger partial charge in [0, 0.05) is 36.4 Å². The number of carbonyl (C=O) groups excluding carboxylic acids is 2. The van der Waals surface area contributed by atoms with Crippen molar-refractivity contribution in [3.8, 4) is 11.5 Å². The van der Waals surface area contributed by atoms with Crippen molar-refractivity contribution in [2.75, 3.05) is 6.79 Å². The molecule has 0 unspecified atom stereocenters. The number of rotatable bonds is 10. The molecule has 0 fully saturated rings. The molecule has 1 aromatic heterocycles. The highest BCUT2D eigenvalue weighted by atomic mass is 32.2. The van der Waals surface area contributed by atoms with Crippen LogP contribution in [0.5, 0.6) is 11.5 Å². The summed E-state index contributed by atoms with van der Waals surface area (Å²) in [5, 5.41) is 3.02. The van der Waals surface area contributed by atoms with Crippen molar-refractivity contribution < 1.29 is 23.6 Å². The number of hydrogen-bond acceptors (Lipinski definition) is 5. The quantitative estimate of drug-likeness (QED) is 0.272. The second-order valence-corrected chi connectivity index (χ2v) is 8.86. The van der Waals surface area contributed by atoms with Crippen molar-refractivity contribution in [1.82, 2.24) is 5.32 Å². The molecule has 0 bridgehead atoms. The van der Waals surface area contributed by atoms with E-state index < -0.39 is 0 Å². The Morgan fingerprint density at radius 2 is 1.73 bits per heavy atom. The Balaban J connectivity index is 1.24. The minimum atomic E-state index is -0.205. The fourth-order valence-electron chi connectivity index (χ4n) is 3.57. The van der Waals surface area contributed by atoms with E-state index in [0.29, 0.717) is 34.9 Å². The number of hydrogen-bond donors (Lipinski definition) is 1. The van der Waals surface area contributed by atoms with Gasteiger partial charge in [-0.2, -0.15) is 0 Å². The predicted octanol–water partition coefficient (Wildman–Crippen LogP) is 4.51. The molecule has 0 aliphatic carbocycles. The van der Waals surface area contributed by atoms with Crippen LogP contribution in [-0.4, -0.2) is 17.8 Å². The van der Waals surface area contributed by atoms with Crippen LogP contribution >= 0.6 is 11.8 Å². The number of fused-ring (bicyclic) bond motifs is 1. The van der Waals surface area contributed by atoms with Gasteiger partial charge in [0.2, 0.25) is 6.79 Å². The molecule has 1 N–H and O–H groups in total. The SMILES string of the molecule is O=C(CCCCC[n+]1ccccc1)Sc1ccccc1C(=O)NCc1ccc2c(c1)OCO2. The second-order valence-electron chi connectivity index (χ2n) is 7.76. The van der Waals surface area contributed by atoms with E-state index in [-0.39, 0.29) is 17.8 Å². The lowest BCUT2D eigenvalue weighted by Gasteiger charge is -2.10. The van der Waals surface area contributed by atoms with Crippen molar-refractivity contribution in [3.05, 3.63) is 84.2 Å². The molecule has 2 heterocycles. The zero-order valence-corrected chi connectivity index (χ0v) is 19.2. The lowest BCUT2D eigenvalue weighted by atomic mass is 10.1. The van der Waals surface area contributed by atoms with Gasteiger partial charge in [0.25, 0.3) is 5.91 Å². The van der Waals surface area contributed by atoms with Crippen LogP contribution in [0.1, 0.15) is 41.6 Å². The van der Waals surface area contributed by atoms with Crippen molar-refractivity contribution >= 4 is 22.8 Å². The number of unbranched alkanes of at least 4 members (excludes halogenated alkanes) is 2. The average Bonchev–Trinajstić information content (AvgIpc) is 3.31. The summed E-state index contributed by atoms with van der Waals surface area (Å²) < 4.78 is 12.9.